The molecule has 0 aliphatic heterocycles. The molecular formula is C22H15FN4O2S. The molecule has 0 spiro atoms. The summed E-state index contributed by atoms with van der Waals surface area (Å²) in [6.07, 6.45) is 1.66. The van der Waals surface area contributed by atoms with Crippen molar-refractivity contribution in [3.63, 3.8) is 0 Å². The van der Waals surface area contributed by atoms with E-state index in [1.807, 2.05) is 25.1 Å². The third-order valence-corrected chi connectivity index (χ3v) is 5.43. The number of rotatable bonds is 5. The average molecular weight is 418 g/mol. The summed E-state index contributed by atoms with van der Waals surface area (Å²) in [7, 11) is 0. The number of phenols is 1. The summed E-state index contributed by atoms with van der Waals surface area (Å²) >= 11 is 1.46. The molecule has 0 aliphatic carbocycles. The maximum absolute atomic E-state index is 14.1. The fourth-order valence-electron chi connectivity index (χ4n) is 2.89. The molecule has 6 nitrogen and oxygen atoms in total. The number of pyridine rings is 2. The predicted octanol–water partition coefficient (Wildman–Crippen LogP) is 4.87. The first-order chi connectivity index (χ1) is 14.5. The van der Waals surface area contributed by atoms with Crippen LogP contribution in [-0.2, 0) is 6.61 Å². The van der Waals surface area contributed by atoms with Crippen LogP contribution in [0.25, 0.3) is 21.8 Å². The Hall–Kier alpha value is -3.83. The Labute approximate surface area is 175 Å². The first-order valence-corrected chi connectivity index (χ1v) is 9.77. The Bertz CT molecular complexity index is 1230. The second-order valence-electron chi connectivity index (χ2n) is 6.35. The van der Waals surface area contributed by atoms with Crippen molar-refractivity contribution in [3.05, 3.63) is 76.8 Å². The lowest BCUT2D eigenvalue weighted by molar-refractivity contribution is 0.293. The van der Waals surface area contributed by atoms with Crippen LogP contribution in [0.15, 0.2) is 54.7 Å². The molecule has 0 saturated carbocycles. The highest BCUT2D eigenvalue weighted by molar-refractivity contribution is 7.15. The molecule has 0 unspecified atom stereocenters. The van der Waals surface area contributed by atoms with Crippen molar-refractivity contribution in [2.75, 3.05) is 0 Å². The zero-order valence-corrected chi connectivity index (χ0v) is 16.7. The van der Waals surface area contributed by atoms with E-state index in [-0.39, 0.29) is 12.2 Å². The maximum Gasteiger partial charge on any atom is 0.213 e. The van der Waals surface area contributed by atoms with Crippen LogP contribution in [0, 0.1) is 24.1 Å². The van der Waals surface area contributed by atoms with Gasteiger partial charge in [0.2, 0.25) is 5.88 Å². The molecule has 0 aliphatic rings. The Morgan fingerprint density at radius 3 is 2.70 bits per heavy atom. The van der Waals surface area contributed by atoms with Gasteiger partial charge in [-0.3, -0.25) is 0 Å². The lowest BCUT2D eigenvalue weighted by Gasteiger charge is -2.06. The topological polar surface area (TPSA) is 91.9 Å². The monoisotopic (exact) mass is 418 g/mol. The minimum Gasteiger partial charge on any atom is -0.506 e. The molecule has 30 heavy (non-hydrogen) atoms. The summed E-state index contributed by atoms with van der Waals surface area (Å²) in [5, 5.41) is 19.6. The van der Waals surface area contributed by atoms with Crippen LogP contribution in [0.5, 0.6) is 11.6 Å². The van der Waals surface area contributed by atoms with E-state index < -0.39 is 11.6 Å². The van der Waals surface area contributed by atoms with Crippen molar-refractivity contribution in [1.82, 2.24) is 15.0 Å². The van der Waals surface area contributed by atoms with Crippen molar-refractivity contribution in [1.29, 1.82) is 5.26 Å². The second kappa shape index (κ2) is 8.27. The zero-order chi connectivity index (χ0) is 21.1. The summed E-state index contributed by atoms with van der Waals surface area (Å²) in [5.74, 6) is -0.681. The summed E-state index contributed by atoms with van der Waals surface area (Å²) in [5.41, 5.74) is 1.96. The van der Waals surface area contributed by atoms with E-state index in [9.17, 15) is 9.50 Å². The van der Waals surface area contributed by atoms with Gasteiger partial charge in [-0.25, -0.2) is 19.3 Å². The number of phenolic OH excluding ortho intramolecular Hbond substituents is 1. The lowest BCUT2D eigenvalue weighted by atomic mass is 10.1. The van der Waals surface area contributed by atoms with Crippen LogP contribution in [0.2, 0.25) is 0 Å². The molecule has 0 atom stereocenters. The summed E-state index contributed by atoms with van der Waals surface area (Å²) in [6, 6.07) is 15.0. The molecule has 4 aromatic rings. The summed E-state index contributed by atoms with van der Waals surface area (Å²) in [6.45, 7) is 2.18. The van der Waals surface area contributed by atoms with Gasteiger partial charge in [0.15, 0.2) is 0 Å². The van der Waals surface area contributed by atoms with Crippen LogP contribution in [0.3, 0.4) is 0 Å². The van der Waals surface area contributed by atoms with Gasteiger partial charge >= 0.3 is 0 Å². The van der Waals surface area contributed by atoms with E-state index in [2.05, 4.69) is 15.0 Å². The second-order valence-corrected chi connectivity index (χ2v) is 7.43. The molecule has 4 rings (SSSR count). The predicted molar refractivity (Wildman–Crippen MR) is 110 cm³/mol. The Morgan fingerprint density at radius 2 is 1.97 bits per heavy atom. The highest BCUT2D eigenvalue weighted by Gasteiger charge is 2.15. The van der Waals surface area contributed by atoms with Gasteiger partial charge in [0.1, 0.15) is 34.8 Å². The average Bonchev–Trinajstić information content (AvgIpc) is 3.13. The van der Waals surface area contributed by atoms with Crippen LogP contribution < -0.4 is 4.74 Å². The van der Waals surface area contributed by atoms with Gasteiger partial charge < -0.3 is 9.84 Å². The summed E-state index contributed by atoms with van der Waals surface area (Å²) < 4.78 is 19.7. The Morgan fingerprint density at radius 1 is 1.13 bits per heavy atom. The lowest BCUT2D eigenvalue weighted by Crippen LogP contribution is -1.96. The van der Waals surface area contributed by atoms with Crippen LogP contribution in [-0.4, -0.2) is 20.1 Å². The van der Waals surface area contributed by atoms with E-state index in [1.54, 1.807) is 30.5 Å². The molecule has 3 heterocycles. The van der Waals surface area contributed by atoms with Gasteiger partial charge in [-0.05, 0) is 37.3 Å². The van der Waals surface area contributed by atoms with E-state index in [0.29, 0.717) is 22.8 Å². The van der Waals surface area contributed by atoms with Crippen LogP contribution in [0.1, 0.15) is 16.3 Å². The van der Waals surface area contributed by atoms with Crippen LogP contribution in [0.4, 0.5) is 4.39 Å². The number of thiazole rings is 1. The molecule has 1 aromatic carbocycles. The molecule has 0 amide bonds. The fraction of sp³-hybridized carbons (Fsp3) is 0.0909. The number of nitrogens with zero attached hydrogens (tertiary/aromatic N) is 4. The minimum atomic E-state index is -0.789. The van der Waals surface area contributed by atoms with Gasteiger partial charge in [0.25, 0.3) is 0 Å². The standard InChI is InChI=1S/C22H15FN4O2S/c1-13-22(30-21(26-13)12-29-20-7-2-3-8-25-20)18-6-4-5-17(27-18)14-9-16(23)15(11-24)19(28)10-14/h2-10,28H,12H2,1H3. The SMILES string of the molecule is Cc1nc(COc2ccccn2)sc1-c1cccc(-c2cc(O)c(C#N)c(F)c2)n1. The van der Waals surface area contributed by atoms with Gasteiger partial charge in [0, 0.05) is 17.8 Å². The number of aromatic hydroxyl groups is 1. The molecule has 0 fully saturated rings. The van der Waals surface area contributed by atoms with Crippen molar-refractivity contribution in [3.8, 4) is 39.5 Å². The fourth-order valence-corrected chi connectivity index (χ4v) is 3.84. The largest absolute Gasteiger partial charge is 0.506 e. The maximum atomic E-state index is 14.1. The van der Waals surface area contributed by atoms with E-state index in [0.717, 1.165) is 15.6 Å². The molecule has 1 N–H and O–H groups in total. The van der Waals surface area contributed by atoms with Gasteiger partial charge in [-0.1, -0.05) is 12.1 Å². The molecule has 0 radical (unpaired) electrons. The van der Waals surface area contributed by atoms with Crippen molar-refractivity contribution < 1.29 is 14.2 Å². The highest BCUT2D eigenvalue weighted by atomic mass is 32.1. The Balaban J connectivity index is 1.62. The smallest absolute Gasteiger partial charge is 0.213 e. The van der Waals surface area contributed by atoms with Gasteiger partial charge in [-0.2, -0.15) is 5.26 Å². The van der Waals surface area contributed by atoms with Gasteiger partial charge in [0.05, 0.1) is 22.0 Å². The number of ether oxygens (including phenoxy) is 1. The van der Waals surface area contributed by atoms with Crippen molar-refractivity contribution >= 4 is 11.3 Å². The molecule has 8 heteroatoms. The Kier molecular flexibility index (Phi) is 5.37. The molecule has 3 aromatic heterocycles. The van der Waals surface area contributed by atoms with E-state index in [4.69, 9.17) is 10.00 Å². The molecule has 0 saturated heterocycles. The molecular weight excluding hydrogens is 403 g/mol. The van der Waals surface area contributed by atoms with Crippen LogP contribution >= 0.6 is 11.3 Å². The van der Waals surface area contributed by atoms with Crippen molar-refractivity contribution in [2.45, 2.75) is 13.5 Å². The molecule has 0 bridgehead atoms. The first kappa shape index (κ1) is 19.5. The number of halogens is 1. The van der Waals surface area contributed by atoms with E-state index >= 15 is 0 Å². The highest BCUT2D eigenvalue weighted by Crippen LogP contribution is 2.32. The minimum absolute atomic E-state index is 0.289. The number of hydrogen-bond acceptors (Lipinski definition) is 7. The first-order valence-electron chi connectivity index (χ1n) is 8.95. The van der Waals surface area contributed by atoms with Gasteiger partial charge in [-0.15, -0.1) is 11.3 Å². The van der Waals surface area contributed by atoms with Crippen molar-refractivity contribution in [2.24, 2.45) is 0 Å². The number of hydrogen-bond donors (Lipinski definition) is 1. The summed E-state index contributed by atoms with van der Waals surface area (Å²) in [4.78, 5) is 14.1. The number of benzene rings is 1. The number of aryl methyl sites for hydroxylation is 1. The third kappa shape index (κ3) is 3.97. The number of aromatic nitrogens is 3. The molecule has 148 valence electrons. The third-order valence-electron chi connectivity index (χ3n) is 4.28. The zero-order valence-electron chi connectivity index (χ0n) is 15.8. The quantitative estimate of drug-likeness (QED) is 0.497. The van der Waals surface area contributed by atoms with E-state index in [1.165, 1.54) is 23.5 Å². The number of nitriles is 1. The normalized spacial score (nSPS) is 10.6.